The molecule has 0 aliphatic heterocycles. The average molecular weight is 386 g/mol. The van der Waals surface area contributed by atoms with E-state index in [-0.39, 0.29) is 12.5 Å². The first-order chi connectivity index (χ1) is 12.7. The van der Waals surface area contributed by atoms with Crippen LogP contribution in [0.1, 0.15) is 22.2 Å². The summed E-state index contributed by atoms with van der Waals surface area (Å²) in [6, 6.07) is 12.7. The molecule has 0 bridgehead atoms. The molecule has 5 nitrogen and oxygen atoms in total. The number of aromatic nitrogens is 1. The molecule has 1 aromatic carbocycles. The fraction of sp³-hybridized carbons (Fsp3) is 0.211. The summed E-state index contributed by atoms with van der Waals surface area (Å²) in [5, 5.41) is 5.54. The van der Waals surface area contributed by atoms with Crippen molar-refractivity contribution in [1.29, 1.82) is 0 Å². The van der Waals surface area contributed by atoms with Gasteiger partial charge < -0.3 is 10.1 Å². The molecule has 0 fully saturated rings. The van der Waals surface area contributed by atoms with Crippen LogP contribution in [0.5, 0.6) is 0 Å². The Hall–Kier alpha value is -2.51. The molecule has 0 saturated heterocycles. The number of nitrogens with one attached hydrogen (secondary N) is 1. The lowest BCUT2D eigenvalue weighted by atomic mass is 10.1. The van der Waals surface area contributed by atoms with Crippen LogP contribution in [0.15, 0.2) is 54.0 Å². The van der Waals surface area contributed by atoms with E-state index in [1.807, 2.05) is 47.8 Å². The zero-order valence-corrected chi connectivity index (χ0v) is 15.8. The first kappa shape index (κ1) is 18.3. The summed E-state index contributed by atoms with van der Waals surface area (Å²) >= 11 is 2.88. The number of rotatable bonds is 7. The Balaban J connectivity index is 1.73. The van der Waals surface area contributed by atoms with E-state index in [1.165, 1.54) is 11.3 Å². The van der Waals surface area contributed by atoms with Crippen molar-refractivity contribution in [2.24, 2.45) is 0 Å². The van der Waals surface area contributed by atoms with Crippen LogP contribution < -0.4 is 5.32 Å². The molecule has 1 atom stereocenters. The van der Waals surface area contributed by atoms with Gasteiger partial charge >= 0.3 is 5.97 Å². The second-order valence-corrected chi connectivity index (χ2v) is 7.45. The van der Waals surface area contributed by atoms with Gasteiger partial charge in [-0.25, -0.2) is 9.78 Å². The highest BCUT2D eigenvalue weighted by atomic mass is 32.1. The van der Waals surface area contributed by atoms with Gasteiger partial charge in [-0.2, -0.15) is 0 Å². The lowest BCUT2D eigenvalue weighted by Crippen LogP contribution is -2.43. The molecular weight excluding hydrogens is 368 g/mol. The summed E-state index contributed by atoms with van der Waals surface area (Å²) < 4.78 is 5.11. The fourth-order valence-corrected chi connectivity index (χ4v) is 4.03. The Labute approximate surface area is 159 Å². The lowest BCUT2D eigenvalue weighted by Gasteiger charge is -2.17. The number of carbonyl (C=O) groups excluding carboxylic acids is 2. The highest BCUT2D eigenvalue weighted by molar-refractivity contribution is 7.22. The van der Waals surface area contributed by atoms with Gasteiger partial charge in [0, 0.05) is 6.42 Å². The van der Waals surface area contributed by atoms with Crippen molar-refractivity contribution < 1.29 is 14.3 Å². The minimum absolute atomic E-state index is 0.267. The highest BCUT2D eigenvalue weighted by Gasteiger charge is 2.24. The first-order valence-corrected chi connectivity index (χ1v) is 9.88. The molecule has 0 aliphatic rings. The van der Waals surface area contributed by atoms with Crippen molar-refractivity contribution in [3.05, 3.63) is 64.5 Å². The smallest absolute Gasteiger partial charge is 0.328 e. The number of ether oxygens (including phenoxy) is 1. The number of carbonyl (C=O) groups is 2. The van der Waals surface area contributed by atoms with Crippen LogP contribution >= 0.6 is 22.7 Å². The topological polar surface area (TPSA) is 68.3 Å². The zero-order valence-electron chi connectivity index (χ0n) is 14.2. The quantitative estimate of drug-likeness (QED) is 0.628. The van der Waals surface area contributed by atoms with Crippen LogP contribution in [0.3, 0.4) is 0 Å². The molecule has 7 heteroatoms. The predicted molar refractivity (Wildman–Crippen MR) is 103 cm³/mol. The van der Waals surface area contributed by atoms with Gasteiger partial charge in [0.15, 0.2) is 0 Å². The van der Waals surface area contributed by atoms with Crippen LogP contribution in [0.2, 0.25) is 0 Å². The van der Waals surface area contributed by atoms with Gasteiger partial charge in [0.1, 0.15) is 15.9 Å². The second-order valence-electron chi connectivity index (χ2n) is 5.47. The van der Waals surface area contributed by atoms with E-state index in [0.717, 1.165) is 15.4 Å². The molecule has 0 spiro atoms. The molecule has 2 aromatic heterocycles. The van der Waals surface area contributed by atoms with Crippen LogP contribution in [0, 0.1) is 0 Å². The van der Waals surface area contributed by atoms with Gasteiger partial charge in [-0.05, 0) is 23.9 Å². The lowest BCUT2D eigenvalue weighted by molar-refractivity contribution is -0.145. The third-order valence-electron chi connectivity index (χ3n) is 3.62. The van der Waals surface area contributed by atoms with Crippen molar-refractivity contribution in [2.45, 2.75) is 19.4 Å². The number of hydrogen-bond acceptors (Lipinski definition) is 6. The summed E-state index contributed by atoms with van der Waals surface area (Å²) in [5.41, 5.74) is 0.953. The highest BCUT2D eigenvalue weighted by Crippen LogP contribution is 2.28. The predicted octanol–water partition coefficient (Wildman–Crippen LogP) is 3.78. The van der Waals surface area contributed by atoms with E-state index >= 15 is 0 Å². The second kappa shape index (κ2) is 8.73. The van der Waals surface area contributed by atoms with Gasteiger partial charge in [0.2, 0.25) is 0 Å². The Bertz CT molecular complexity index is 860. The summed E-state index contributed by atoms with van der Waals surface area (Å²) in [5.74, 6) is -0.757. The molecule has 26 heavy (non-hydrogen) atoms. The van der Waals surface area contributed by atoms with E-state index in [0.29, 0.717) is 11.3 Å². The van der Waals surface area contributed by atoms with Crippen LogP contribution in [-0.2, 0) is 16.0 Å². The third kappa shape index (κ3) is 4.56. The Morgan fingerprint density at radius 2 is 2.00 bits per heavy atom. The summed E-state index contributed by atoms with van der Waals surface area (Å²) in [7, 11) is 0. The zero-order chi connectivity index (χ0) is 18.4. The van der Waals surface area contributed by atoms with Gasteiger partial charge in [-0.3, -0.25) is 4.79 Å². The molecule has 0 aliphatic carbocycles. The maximum absolute atomic E-state index is 12.6. The number of amides is 1. The molecule has 2 heterocycles. The summed E-state index contributed by atoms with van der Waals surface area (Å²) in [6.45, 7) is 2.01. The fourth-order valence-electron chi connectivity index (χ4n) is 2.41. The number of thiophene rings is 1. The molecule has 1 N–H and O–H groups in total. The van der Waals surface area contributed by atoms with Gasteiger partial charge in [0.05, 0.1) is 17.7 Å². The molecule has 1 unspecified atom stereocenters. The SMILES string of the molecule is CCOC(=O)C(Cc1ccccc1)NC(=O)c1cnc(-c2cccs2)s1. The van der Waals surface area contributed by atoms with Crippen molar-refractivity contribution in [2.75, 3.05) is 6.61 Å². The van der Waals surface area contributed by atoms with Gasteiger partial charge in [-0.1, -0.05) is 36.4 Å². The maximum Gasteiger partial charge on any atom is 0.328 e. The molecule has 0 saturated carbocycles. The van der Waals surface area contributed by atoms with E-state index in [9.17, 15) is 9.59 Å². The Morgan fingerprint density at radius 3 is 2.69 bits per heavy atom. The number of hydrogen-bond donors (Lipinski definition) is 1. The number of benzene rings is 1. The molecule has 134 valence electrons. The average Bonchev–Trinajstić information content (AvgIpc) is 3.33. The van der Waals surface area contributed by atoms with E-state index in [1.54, 1.807) is 24.5 Å². The van der Waals surface area contributed by atoms with Crippen molar-refractivity contribution in [3.63, 3.8) is 0 Å². The summed E-state index contributed by atoms with van der Waals surface area (Å²) in [4.78, 5) is 30.6. The number of thiazole rings is 1. The van der Waals surface area contributed by atoms with Crippen LogP contribution in [-0.4, -0.2) is 29.5 Å². The maximum atomic E-state index is 12.6. The Morgan fingerprint density at radius 1 is 1.19 bits per heavy atom. The van der Waals surface area contributed by atoms with E-state index in [2.05, 4.69) is 10.3 Å². The van der Waals surface area contributed by atoms with E-state index in [4.69, 9.17) is 4.74 Å². The molecule has 3 aromatic rings. The largest absolute Gasteiger partial charge is 0.464 e. The van der Waals surface area contributed by atoms with Crippen molar-refractivity contribution >= 4 is 34.6 Å². The van der Waals surface area contributed by atoms with E-state index < -0.39 is 12.0 Å². The van der Waals surface area contributed by atoms with Gasteiger partial charge in [-0.15, -0.1) is 22.7 Å². The van der Waals surface area contributed by atoms with Gasteiger partial charge in [0.25, 0.3) is 5.91 Å². The van der Waals surface area contributed by atoms with Crippen LogP contribution in [0.25, 0.3) is 9.88 Å². The standard InChI is InChI=1S/C19H18N2O3S2/c1-2-24-19(23)14(11-13-7-4-3-5-8-13)21-17(22)16-12-20-18(26-16)15-9-6-10-25-15/h3-10,12,14H,2,11H2,1H3,(H,21,22). The minimum atomic E-state index is -0.739. The Kier molecular flexibility index (Phi) is 6.14. The number of esters is 1. The third-order valence-corrected chi connectivity index (χ3v) is 5.66. The van der Waals surface area contributed by atoms with Crippen LogP contribution in [0.4, 0.5) is 0 Å². The molecule has 0 radical (unpaired) electrons. The molecular formula is C19H18N2O3S2. The molecule has 1 amide bonds. The van der Waals surface area contributed by atoms with Crippen molar-refractivity contribution in [3.8, 4) is 9.88 Å². The minimum Gasteiger partial charge on any atom is -0.464 e. The van der Waals surface area contributed by atoms with Crippen molar-refractivity contribution in [1.82, 2.24) is 10.3 Å². The monoisotopic (exact) mass is 386 g/mol. The normalized spacial score (nSPS) is 11.7. The number of nitrogens with zero attached hydrogens (tertiary/aromatic N) is 1. The summed E-state index contributed by atoms with van der Waals surface area (Å²) in [6.07, 6.45) is 1.92. The molecule has 3 rings (SSSR count). The first-order valence-electron chi connectivity index (χ1n) is 8.18.